The number of hydrogen-bond donors (Lipinski definition) is 1. The number of halogens is 2. The summed E-state index contributed by atoms with van der Waals surface area (Å²) in [6, 6.07) is 12.0. The summed E-state index contributed by atoms with van der Waals surface area (Å²) < 4.78 is 20.2. The van der Waals surface area contributed by atoms with Gasteiger partial charge in [-0.1, -0.05) is 36.5 Å². The number of hydrogen-bond acceptors (Lipinski definition) is 2. The Balaban J connectivity index is 2.12. The number of rotatable bonds is 4. The number of ether oxygens (including phenoxy) is 1. The fourth-order valence-electron chi connectivity index (χ4n) is 1.53. The zero-order valence-corrected chi connectivity index (χ0v) is 12.3. The maximum Gasteiger partial charge on any atom is 0.133 e. The molecule has 2 aromatic carbocycles. The third-order valence-corrected chi connectivity index (χ3v) is 3.45. The van der Waals surface area contributed by atoms with Gasteiger partial charge in [-0.05, 0) is 34.1 Å². The Morgan fingerprint density at radius 3 is 2.63 bits per heavy atom. The zero-order valence-electron chi connectivity index (χ0n) is 9.90. The molecule has 0 bridgehead atoms. The SMILES string of the molecule is NC(=S)c1ccc(COc2ccccc2Br)c(F)c1. The van der Waals surface area contributed by atoms with E-state index in [1.54, 1.807) is 12.1 Å². The van der Waals surface area contributed by atoms with Gasteiger partial charge in [0.25, 0.3) is 0 Å². The van der Waals surface area contributed by atoms with Crippen LogP contribution < -0.4 is 10.5 Å². The van der Waals surface area contributed by atoms with Gasteiger partial charge >= 0.3 is 0 Å². The highest BCUT2D eigenvalue weighted by Gasteiger charge is 2.07. The second-order valence-corrected chi connectivity index (χ2v) is 5.18. The van der Waals surface area contributed by atoms with Crippen molar-refractivity contribution in [1.82, 2.24) is 0 Å². The van der Waals surface area contributed by atoms with Gasteiger partial charge in [-0.15, -0.1) is 0 Å². The largest absolute Gasteiger partial charge is 0.488 e. The van der Waals surface area contributed by atoms with Crippen LogP contribution in [0.4, 0.5) is 4.39 Å². The first-order valence-corrected chi connectivity index (χ1v) is 6.73. The van der Waals surface area contributed by atoms with E-state index in [-0.39, 0.29) is 17.4 Å². The zero-order chi connectivity index (χ0) is 13.8. The summed E-state index contributed by atoms with van der Waals surface area (Å²) >= 11 is 8.16. The van der Waals surface area contributed by atoms with Crippen molar-refractivity contribution in [3.63, 3.8) is 0 Å². The Morgan fingerprint density at radius 2 is 2.00 bits per heavy atom. The van der Waals surface area contributed by atoms with Crippen LogP contribution in [0.5, 0.6) is 5.75 Å². The lowest BCUT2D eigenvalue weighted by atomic mass is 10.1. The van der Waals surface area contributed by atoms with Gasteiger partial charge in [-0.2, -0.15) is 0 Å². The van der Waals surface area contributed by atoms with E-state index >= 15 is 0 Å². The van der Waals surface area contributed by atoms with Crippen LogP contribution in [0.1, 0.15) is 11.1 Å². The molecule has 0 fully saturated rings. The van der Waals surface area contributed by atoms with E-state index in [1.807, 2.05) is 24.3 Å². The highest BCUT2D eigenvalue weighted by molar-refractivity contribution is 9.10. The Labute approximate surface area is 124 Å². The maximum absolute atomic E-state index is 13.8. The summed E-state index contributed by atoms with van der Waals surface area (Å²) in [4.78, 5) is 0.178. The quantitative estimate of drug-likeness (QED) is 0.860. The second kappa shape index (κ2) is 6.12. The van der Waals surface area contributed by atoms with Gasteiger partial charge in [0, 0.05) is 11.1 Å². The molecule has 98 valence electrons. The first-order valence-electron chi connectivity index (χ1n) is 5.53. The van der Waals surface area contributed by atoms with E-state index in [0.717, 1.165) is 4.47 Å². The molecule has 5 heteroatoms. The van der Waals surface area contributed by atoms with Gasteiger partial charge in [0.15, 0.2) is 0 Å². The molecule has 0 aliphatic carbocycles. The molecule has 0 aliphatic heterocycles. The maximum atomic E-state index is 13.8. The molecule has 2 nitrogen and oxygen atoms in total. The van der Waals surface area contributed by atoms with E-state index in [9.17, 15) is 4.39 Å². The third kappa shape index (κ3) is 3.52. The molecule has 2 aromatic rings. The third-order valence-electron chi connectivity index (χ3n) is 2.56. The fraction of sp³-hybridized carbons (Fsp3) is 0.0714. The van der Waals surface area contributed by atoms with Crippen molar-refractivity contribution in [3.8, 4) is 5.75 Å². The average Bonchev–Trinajstić information content (AvgIpc) is 2.39. The van der Waals surface area contributed by atoms with E-state index < -0.39 is 0 Å². The standard InChI is InChI=1S/C14H11BrFNOS/c15-11-3-1-2-4-13(11)18-8-10-6-5-9(14(17)19)7-12(10)16/h1-7H,8H2,(H2,17,19). The van der Waals surface area contributed by atoms with Crippen LogP contribution in [0.3, 0.4) is 0 Å². The smallest absolute Gasteiger partial charge is 0.133 e. The Bertz CT molecular complexity index is 618. The van der Waals surface area contributed by atoms with Gasteiger partial charge in [-0.3, -0.25) is 0 Å². The van der Waals surface area contributed by atoms with Crippen molar-refractivity contribution in [1.29, 1.82) is 0 Å². The topological polar surface area (TPSA) is 35.2 Å². The Morgan fingerprint density at radius 1 is 1.26 bits per heavy atom. The molecule has 19 heavy (non-hydrogen) atoms. The number of benzene rings is 2. The Hall–Kier alpha value is -1.46. The molecule has 0 spiro atoms. The van der Waals surface area contributed by atoms with Crippen LogP contribution in [-0.2, 0) is 6.61 Å². The molecular formula is C14H11BrFNOS. The molecule has 0 heterocycles. The molecule has 0 saturated heterocycles. The van der Waals surface area contributed by atoms with Crippen molar-refractivity contribution < 1.29 is 9.13 Å². The first-order chi connectivity index (χ1) is 9.08. The molecular weight excluding hydrogens is 329 g/mol. The van der Waals surface area contributed by atoms with Gasteiger partial charge in [0.2, 0.25) is 0 Å². The van der Waals surface area contributed by atoms with E-state index in [4.69, 9.17) is 22.7 Å². The summed E-state index contributed by atoms with van der Waals surface area (Å²) in [5.41, 5.74) is 6.41. The predicted molar refractivity (Wildman–Crippen MR) is 80.8 cm³/mol. The Kier molecular flexibility index (Phi) is 4.50. The lowest BCUT2D eigenvalue weighted by molar-refractivity contribution is 0.298. The van der Waals surface area contributed by atoms with Crippen LogP contribution in [0.2, 0.25) is 0 Å². The van der Waals surface area contributed by atoms with Crippen LogP contribution in [0, 0.1) is 5.82 Å². The molecule has 0 radical (unpaired) electrons. The highest BCUT2D eigenvalue weighted by Crippen LogP contribution is 2.25. The lowest BCUT2D eigenvalue weighted by Crippen LogP contribution is -2.10. The average molecular weight is 340 g/mol. The summed E-state index contributed by atoms with van der Waals surface area (Å²) in [5, 5.41) is 0. The molecule has 0 amide bonds. The van der Waals surface area contributed by atoms with Crippen LogP contribution in [-0.4, -0.2) is 4.99 Å². The van der Waals surface area contributed by atoms with Crippen molar-refractivity contribution in [2.45, 2.75) is 6.61 Å². The second-order valence-electron chi connectivity index (χ2n) is 3.89. The number of nitrogens with two attached hydrogens (primary N) is 1. The fourth-order valence-corrected chi connectivity index (χ4v) is 2.06. The van der Waals surface area contributed by atoms with Crippen molar-refractivity contribution in [2.24, 2.45) is 5.73 Å². The van der Waals surface area contributed by atoms with Crippen molar-refractivity contribution in [3.05, 3.63) is 63.9 Å². The van der Waals surface area contributed by atoms with Gasteiger partial charge < -0.3 is 10.5 Å². The predicted octanol–water partition coefficient (Wildman–Crippen LogP) is 3.80. The van der Waals surface area contributed by atoms with Crippen LogP contribution in [0.25, 0.3) is 0 Å². The van der Waals surface area contributed by atoms with E-state index in [2.05, 4.69) is 15.9 Å². The van der Waals surface area contributed by atoms with Crippen molar-refractivity contribution in [2.75, 3.05) is 0 Å². The molecule has 0 aliphatic rings. The molecule has 2 rings (SSSR count). The lowest BCUT2D eigenvalue weighted by Gasteiger charge is -2.09. The van der Waals surface area contributed by atoms with Gasteiger partial charge in [-0.25, -0.2) is 4.39 Å². The molecule has 2 N–H and O–H groups in total. The van der Waals surface area contributed by atoms with Crippen LogP contribution >= 0.6 is 28.1 Å². The van der Waals surface area contributed by atoms with E-state index in [1.165, 1.54) is 6.07 Å². The normalized spacial score (nSPS) is 10.2. The first kappa shape index (κ1) is 14.0. The van der Waals surface area contributed by atoms with Gasteiger partial charge in [0.05, 0.1) is 4.47 Å². The summed E-state index contributed by atoms with van der Waals surface area (Å²) in [6.45, 7) is 0.145. The highest BCUT2D eigenvalue weighted by atomic mass is 79.9. The minimum absolute atomic E-state index is 0.145. The summed E-state index contributed by atoms with van der Waals surface area (Å²) in [7, 11) is 0. The summed E-state index contributed by atoms with van der Waals surface area (Å²) in [6.07, 6.45) is 0. The monoisotopic (exact) mass is 339 g/mol. The number of para-hydroxylation sites is 1. The van der Waals surface area contributed by atoms with Gasteiger partial charge in [0.1, 0.15) is 23.2 Å². The number of thiocarbonyl (C=S) groups is 1. The molecule has 0 unspecified atom stereocenters. The van der Waals surface area contributed by atoms with Crippen LogP contribution in [0.15, 0.2) is 46.9 Å². The minimum Gasteiger partial charge on any atom is -0.488 e. The molecule has 0 aromatic heterocycles. The molecule has 0 saturated carbocycles. The summed E-state index contributed by atoms with van der Waals surface area (Å²) in [5.74, 6) is 0.290. The van der Waals surface area contributed by atoms with Crippen molar-refractivity contribution >= 4 is 33.1 Å². The minimum atomic E-state index is -0.377. The molecule has 0 atom stereocenters. The van der Waals surface area contributed by atoms with E-state index in [0.29, 0.717) is 16.9 Å².